The summed E-state index contributed by atoms with van der Waals surface area (Å²) in [6.07, 6.45) is -1.02. The van der Waals surface area contributed by atoms with E-state index in [1.54, 1.807) is 38.4 Å². The predicted octanol–water partition coefficient (Wildman–Crippen LogP) is 2.30. The molecule has 2 unspecified atom stereocenters. The van der Waals surface area contributed by atoms with Crippen LogP contribution in [0.25, 0.3) is 11.1 Å². The summed E-state index contributed by atoms with van der Waals surface area (Å²) in [5, 5.41) is 10.7. The Morgan fingerprint density at radius 2 is 1.58 bits per heavy atom. The van der Waals surface area contributed by atoms with Crippen molar-refractivity contribution in [2.75, 3.05) is 52.2 Å². The Hall–Kier alpha value is -5.96. The van der Waals surface area contributed by atoms with Crippen LogP contribution < -0.4 is 27.0 Å². The third kappa shape index (κ3) is 9.89. The van der Waals surface area contributed by atoms with E-state index in [2.05, 4.69) is 21.3 Å². The number of hydrogen-bond acceptors (Lipinski definition) is 9. The van der Waals surface area contributed by atoms with Gasteiger partial charge in [0, 0.05) is 38.3 Å². The zero-order chi connectivity index (χ0) is 37.9. The van der Waals surface area contributed by atoms with Gasteiger partial charge in [-0.3, -0.25) is 19.2 Å². The Balaban J connectivity index is 1.10. The molecule has 0 radical (unpaired) electrons. The molecule has 53 heavy (non-hydrogen) atoms. The number of nitrogens with one attached hydrogen (secondary N) is 4. The van der Waals surface area contributed by atoms with Crippen LogP contribution in [0.15, 0.2) is 72.8 Å². The third-order valence-electron chi connectivity index (χ3n) is 9.21. The molecule has 1 aliphatic carbocycles. The van der Waals surface area contributed by atoms with Gasteiger partial charge in [0.05, 0.1) is 13.0 Å². The highest BCUT2D eigenvalue weighted by Gasteiger charge is 2.39. The fraction of sp³-hybridized carbons (Fsp3) is 0.368. The number of nitrogens with two attached hydrogens (primary N) is 1. The Bertz CT molecular complexity index is 1770. The molecule has 3 aromatic rings. The van der Waals surface area contributed by atoms with Gasteiger partial charge in [0.15, 0.2) is 0 Å². The summed E-state index contributed by atoms with van der Waals surface area (Å²) in [5.74, 6) is -2.74. The lowest BCUT2D eigenvalue weighted by molar-refractivity contribution is -0.141. The van der Waals surface area contributed by atoms with Gasteiger partial charge >= 0.3 is 12.2 Å². The summed E-state index contributed by atoms with van der Waals surface area (Å²) in [6.45, 7) is 1.05. The average Bonchev–Trinajstić information content (AvgIpc) is 3.77. The Morgan fingerprint density at radius 1 is 0.925 bits per heavy atom. The first kappa shape index (κ1) is 38.3. The van der Waals surface area contributed by atoms with Crippen molar-refractivity contribution < 1.29 is 38.2 Å². The normalized spacial score (nSPS) is 15.1. The fourth-order valence-corrected chi connectivity index (χ4v) is 6.49. The number of fused-ring (bicyclic) bond motifs is 3. The molecule has 3 aromatic carbocycles. The van der Waals surface area contributed by atoms with Crippen molar-refractivity contribution in [1.82, 2.24) is 25.8 Å². The van der Waals surface area contributed by atoms with E-state index in [1.165, 1.54) is 9.80 Å². The number of alkyl carbamates (subject to hydrolysis) is 1. The van der Waals surface area contributed by atoms with Gasteiger partial charge in [-0.15, -0.1) is 0 Å². The smallest absolute Gasteiger partial charge is 0.409 e. The van der Waals surface area contributed by atoms with Crippen molar-refractivity contribution in [3.05, 3.63) is 89.5 Å². The van der Waals surface area contributed by atoms with Crippen molar-refractivity contribution in [3.63, 3.8) is 0 Å². The van der Waals surface area contributed by atoms with Crippen molar-refractivity contribution in [2.45, 2.75) is 43.9 Å². The van der Waals surface area contributed by atoms with Gasteiger partial charge in [0.1, 0.15) is 25.3 Å². The van der Waals surface area contributed by atoms with E-state index < -0.39 is 54.3 Å². The summed E-state index contributed by atoms with van der Waals surface area (Å²) >= 11 is 0. The highest BCUT2D eigenvalue weighted by atomic mass is 16.6. The van der Waals surface area contributed by atoms with E-state index in [0.717, 1.165) is 27.8 Å². The maximum atomic E-state index is 13.6. The molecule has 5 rings (SSSR count). The summed E-state index contributed by atoms with van der Waals surface area (Å²) in [6, 6.07) is 20.2. The molecule has 280 valence electrons. The number of primary amides is 1. The van der Waals surface area contributed by atoms with Crippen molar-refractivity contribution in [2.24, 2.45) is 5.73 Å². The third-order valence-corrected chi connectivity index (χ3v) is 9.21. The van der Waals surface area contributed by atoms with Gasteiger partial charge in [0.2, 0.25) is 23.6 Å². The van der Waals surface area contributed by atoms with Crippen molar-refractivity contribution >= 4 is 41.5 Å². The highest BCUT2D eigenvalue weighted by Crippen LogP contribution is 2.44. The molecule has 6 N–H and O–H groups in total. The second kappa shape index (κ2) is 18.0. The fourth-order valence-electron chi connectivity index (χ4n) is 6.49. The standard InChI is InChI=1S/C38H45N7O8/c1-40-17-19-44(2)38(51)53-22-24-13-15-25(16-14-24)42-34(47)21-41-35(48)32-12-7-18-45(32)36(49)31(20-33(39)46)43-37(50)52-23-30-28-10-5-3-8-26(28)27-9-4-6-11-29(27)30/h3-6,8-11,13-16,30-32,40H,7,12,17-23H2,1-2H3,(H2,39,46)(H,41,48)(H,42,47)(H,43,50). The van der Waals surface area contributed by atoms with Crippen molar-refractivity contribution in [1.29, 1.82) is 0 Å². The van der Waals surface area contributed by atoms with E-state index in [0.29, 0.717) is 31.6 Å². The van der Waals surface area contributed by atoms with E-state index in [9.17, 15) is 28.8 Å². The zero-order valence-corrected chi connectivity index (χ0v) is 29.8. The molecule has 0 aromatic heterocycles. The van der Waals surface area contributed by atoms with Gasteiger partial charge in [-0.05, 0) is 59.8 Å². The van der Waals surface area contributed by atoms with E-state index in [1.807, 2.05) is 48.5 Å². The SMILES string of the molecule is CNCCN(C)C(=O)OCc1ccc(NC(=O)CNC(=O)C2CCCN2C(=O)C(CC(N)=O)NC(=O)OCC2c3ccccc3-c3ccccc32)cc1. The maximum absolute atomic E-state index is 13.6. The number of rotatable bonds is 15. The van der Waals surface area contributed by atoms with Gasteiger partial charge in [-0.25, -0.2) is 9.59 Å². The van der Waals surface area contributed by atoms with Gasteiger partial charge < -0.3 is 46.3 Å². The number of amides is 6. The molecule has 2 aliphatic rings. The second-order valence-corrected chi connectivity index (χ2v) is 12.9. The van der Waals surface area contributed by atoms with Crippen molar-refractivity contribution in [3.8, 4) is 11.1 Å². The van der Waals surface area contributed by atoms with Gasteiger partial charge in [-0.1, -0.05) is 60.7 Å². The van der Waals surface area contributed by atoms with Crippen LogP contribution >= 0.6 is 0 Å². The minimum Gasteiger partial charge on any atom is -0.449 e. The quantitative estimate of drug-likeness (QED) is 0.156. The van der Waals surface area contributed by atoms with Crippen LogP contribution in [-0.2, 0) is 35.3 Å². The van der Waals surface area contributed by atoms with Crippen LogP contribution in [0.1, 0.15) is 41.9 Å². The maximum Gasteiger partial charge on any atom is 0.409 e. The molecule has 1 saturated heterocycles. The lowest BCUT2D eigenvalue weighted by atomic mass is 9.98. The number of benzene rings is 3. The van der Waals surface area contributed by atoms with Crippen LogP contribution in [0.4, 0.5) is 15.3 Å². The van der Waals surface area contributed by atoms with Crippen LogP contribution in [0, 0.1) is 0 Å². The van der Waals surface area contributed by atoms with E-state index in [-0.39, 0.29) is 32.2 Å². The first-order valence-electron chi connectivity index (χ1n) is 17.4. The summed E-state index contributed by atoms with van der Waals surface area (Å²) < 4.78 is 10.9. The number of likely N-dealkylation sites (tertiary alicyclic amines) is 1. The number of ether oxygens (including phenoxy) is 2. The molecule has 15 heteroatoms. The highest BCUT2D eigenvalue weighted by molar-refractivity contribution is 5.97. The molecule has 1 fully saturated rings. The molecule has 2 atom stereocenters. The minimum absolute atomic E-state index is 0.00296. The zero-order valence-electron chi connectivity index (χ0n) is 29.8. The lowest BCUT2D eigenvalue weighted by Crippen LogP contribution is -2.55. The molecule has 0 bridgehead atoms. The lowest BCUT2D eigenvalue weighted by Gasteiger charge is -2.28. The number of carbonyl (C=O) groups excluding carboxylic acids is 6. The van der Waals surface area contributed by atoms with E-state index in [4.69, 9.17) is 15.2 Å². The number of anilines is 1. The molecule has 6 amide bonds. The number of likely N-dealkylation sites (N-methyl/N-ethyl adjacent to an activating group) is 2. The van der Waals surface area contributed by atoms with Crippen LogP contribution in [-0.4, -0.2) is 105 Å². The summed E-state index contributed by atoms with van der Waals surface area (Å²) in [5.41, 5.74) is 10.8. The monoisotopic (exact) mass is 727 g/mol. The molecular weight excluding hydrogens is 682 g/mol. The molecular formula is C38H45N7O8. The topological polar surface area (TPSA) is 202 Å². The first-order chi connectivity index (χ1) is 25.5. The Labute approximate surface area is 307 Å². The van der Waals surface area contributed by atoms with Crippen LogP contribution in [0.2, 0.25) is 0 Å². The average molecular weight is 728 g/mol. The molecule has 1 aliphatic heterocycles. The number of hydrogen-bond donors (Lipinski definition) is 5. The Morgan fingerprint density at radius 3 is 2.23 bits per heavy atom. The Kier molecular flexibility index (Phi) is 13.0. The van der Waals surface area contributed by atoms with Crippen LogP contribution in [0.3, 0.4) is 0 Å². The van der Waals surface area contributed by atoms with Gasteiger partial charge in [0.25, 0.3) is 0 Å². The molecule has 0 saturated carbocycles. The van der Waals surface area contributed by atoms with Crippen LogP contribution in [0.5, 0.6) is 0 Å². The molecule has 15 nitrogen and oxygen atoms in total. The molecule has 1 heterocycles. The second-order valence-electron chi connectivity index (χ2n) is 12.9. The predicted molar refractivity (Wildman–Crippen MR) is 195 cm³/mol. The minimum atomic E-state index is -1.36. The van der Waals surface area contributed by atoms with Gasteiger partial charge in [-0.2, -0.15) is 0 Å². The molecule has 0 spiro atoms. The largest absolute Gasteiger partial charge is 0.449 e. The number of nitrogens with zero attached hydrogens (tertiary/aromatic N) is 2. The summed E-state index contributed by atoms with van der Waals surface area (Å²) in [7, 11) is 3.44. The first-order valence-corrected chi connectivity index (χ1v) is 17.4. The van der Waals surface area contributed by atoms with E-state index >= 15 is 0 Å². The number of carbonyl (C=O) groups is 6. The summed E-state index contributed by atoms with van der Waals surface area (Å²) in [4.78, 5) is 79.3.